The fourth-order valence-electron chi connectivity index (χ4n) is 3.79. The van der Waals surface area contributed by atoms with Crippen molar-refractivity contribution < 1.29 is 0 Å². The fraction of sp³-hybridized carbons (Fsp3) is 1.00. The van der Waals surface area contributed by atoms with E-state index in [1.807, 2.05) is 0 Å². The van der Waals surface area contributed by atoms with E-state index in [-0.39, 0.29) is 0 Å². The molecular weight excluding hydrogens is 208 g/mol. The maximum Gasteiger partial charge on any atom is 0.00476 e. The minimum atomic E-state index is 0.573. The van der Waals surface area contributed by atoms with Gasteiger partial charge in [-0.2, -0.15) is 0 Å². The van der Waals surface area contributed by atoms with Crippen LogP contribution in [0.5, 0.6) is 0 Å². The number of nitrogens with one attached hydrogen (secondary N) is 1. The fourth-order valence-corrected chi connectivity index (χ4v) is 3.79. The summed E-state index contributed by atoms with van der Waals surface area (Å²) in [6.45, 7) is 7.46. The Morgan fingerprint density at radius 1 is 1.24 bits per heavy atom. The van der Waals surface area contributed by atoms with Gasteiger partial charge in [-0.1, -0.05) is 26.2 Å². The molecule has 1 unspecified atom stereocenters. The summed E-state index contributed by atoms with van der Waals surface area (Å²) in [7, 11) is 2.34. The zero-order chi connectivity index (χ0) is 12.1. The Balaban J connectivity index is 1.77. The zero-order valence-electron chi connectivity index (χ0n) is 11.8. The minimum Gasteiger partial charge on any atom is -0.316 e. The lowest BCUT2D eigenvalue weighted by atomic mass is 9.83. The molecule has 1 aliphatic carbocycles. The molecule has 0 bridgehead atoms. The van der Waals surface area contributed by atoms with Crippen LogP contribution in [0.15, 0.2) is 0 Å². The summed E-state index contributed by atoms with van der Waals surface area (Å²) in [6, 6.07) is 0. The summed E-state index contributed by atoms with van der Waals surface area (Å²) >= 11 is 0. The van der Waals surface area contributed by atoms with Gasteiger partial charge in [-0.3, -0.25) is 0 Å². The second kappa shape index (κ2) is 6.19. The van der Waals surface area contributed by atoms with Gasteiger partial charge in [0.25, 0.3) is 0 Å². The van der Waals surface area contributed by atoms with Crippen molar-refractivity contribution in [3.05, 3.63) is 0 Å². The van der Waals surface area contributed by atoms with Gasteiger partial charge in [0, 0.05) is 19.6 Å². The van der Waals surface area contributed by atoms with Crippen LogP contribution in [0.1, 0.15) is 51.9 Å². The van der Waals surface area contributed by atoms with Crippen LogP contribution < -0.4 is 5.32 Å². The number of hydrogen-bond acceptors (Lipinski definition) is 2. The smallest absolute Gasteiger partial charge is 0.00476 e. The van der Waals surface area contributed by atoms with E-state index in [1.165, 1.54) is 71.1 Å². The van der Waals surface area contributed by atoms with E-state index in [0.717, 1.165) is 5.92 Å². The second-order valence-corrected chi connectivity index (χ2v) is 6.48. The lowest BCUT2D eigenvalue weighted by molar-refractivity contribution is 0.153. The first kappa shape index (κ1) is 13.4. The lowest BCUT2D eigenvalue weighted by Gasteiger charge is -2.34. The van der Waals surface area contributed by atoms with E-state index < -0.39 is 0 Å². The SMILES string of the molecule is CCC1(CN(C)CC2CCCCC2)CCNC1. The first-order valence-corrected chi connectivity index (χ1v) is 7.63. The molecule has 1 N–H and O–H groups in total. The highest BCUT2D eigenvalue weighted by Gasteiger charge is 2.33. The largest absolute Gasteiger partial charge is 0.316 e. The Kier molecular flexibility index (Phi) is 4.87. The molecule has 1 saturated carbocycles. The molecule has 2 aliphatic rings. The van der Waals surface area contributed by atoms with Crippen molar-refractivity contribution in [3.63, 3.8) is 0 Å². The zero-order valence-corrected chi connectivity index (χ0v) is 11.8. The Morgan fingerprint density at radius 2 is 2.00 bits per heavy atom. The molecule has 17 heavy (non-hydrogen) atoms. The molecule has 0 aromatic rings. The Morgan fingerprint density at radius 3 is 2.59 bits per heavy atom. The standard InChI is InChI=1S/C15H30N2/c1-3-15(9-10-16-12-15)13-17(2)11-14-7-5-4-6-8-14/h14,16H,3-13H2,1-2H3. The summed E-state index contributed by atoms with van der Waals surface area (Å²) in [5.41, 5.74) is 0.573. The van der Waals surface area contributed by atoms with Gasteiger partial charge in [0.15, 0.2) is 0 Å². The summed E-state index contributed by atoms with van der Waals surface area (Å²) < 4.78 is 0. The van der Waals surface area contributed by atoms with E-state index in [0.29, 0.717) is 5.41 Å². The molecule has 2 fully saturated rings. The lowest BCUT2D eigenvalue weighted by Crippen LogP contribution is -2.39. The van der Waals surface area contributed by atoms with Crippen molar-refractivity contribution in [2.75, 3.05) is 33.2 Å². The van der Waals surface area contributed by atoms with Gasteiger partial charge in [0.05, 0.1) is 0 Å². The number of rotatable bonds is 5. The molecule has 1 aliphatic heterocycles. The third-order valence-electron chi connectivity index (χ3n) is 4.98. The molecule has 0 aromatic heterocycles. The van der Waals surface area contributed by atoms with Gasteiger partial charge >= 0.3 is 0 Å². The van der Waals surface area contributed by atoms with E-state index in [4.69, 9.17) is 0 Å². The maximum atomic E-state index is 3.55. The van der Waals surface area contributed by atoms with E-state index in [1.54, 1.807) is 0 Å². The highest BCUT2D eigenvalue weighted by molar-refractivity contribution is 4.89. The van der Waals surface area contributed by atoms with Crippen molar-refractivity contribution in [2.45, 2.75) is 51.9 Å². The van der Waals surface area contributed by atoms with E-state index in [2.05, 4.69) is 24.2 Å². The van der Waals surface area contributed by atoms with Gasteiger partial charge in [0.2, 0.25) is 0 Å². The third kappa shape index (κ3) is 3.69. The average Bonchev–Trinajstić information content (AvgIpc) is 2.79. The maximum absolute atomic E-state index is 3.55. The molecule has 2 nitrogen and oxygen atoms in total. The molecule has 100 valence electrons. The van der Waals surface area contributed by atoms with Crippen LogP contribution in [0.4, 0.5) is 0 Å². The first-order chi connectivity index (χ1) is 8.24. The van der Waals surface area contributed by atoms with Crippen LogP contribution in [0.25, 0.3) is 0 Å². The van der Waals surface area contributed by atoms with Crippen molar-refractivity contribution in [3.8, 4) is 0 Å². The molecule has 1 atom stereocenters. The second-order valence-electron chi connectivity index (χ2n) is 6.48. The van der Waals surface area contributed by atoms with Crippen LogP contribution in [-0.2, 0) is 0 Å². The molecule has 1 saturated heterocycles. The Labute approximate surface area is 107 Å². The van der Waals surface area contributed by atoms with Crippen LogP contribution >= 0.6 is 0 Å². The van der Waals surface area contributed by atoms with Crippen molar-refractivity contribution in [1.29, 1.82) is 0 Å². The molecule has 0 radical (unpaired) electrons. The van der Waals surface area contributed by atoms with Gasteiger partial charge < -0.3 is 10.2 Å². The molecular formula is C15H30N2. The third-order valence-corrected chi connectivity index (χ3v) is 4.98. The van der Waals surface area contributed by atoms with Gasteiger partial charge in [-0.25, -0.2) is 0 Å². The molecule has 2 rings (SSSR count). The molecule has 0 aromatic carbocycles. The Bertz CT molecular complexity index is 215. The van der Waals surface area contributed by atoms with E-state index in [9.17, 15) is 0 Å². The number of nitrogens with zero attached hydrogens (tertiary/aromatic N) is 1. The van der Waals surface area contributed by atoms with Gasteiger partial charge in [0.1, 0.15) is 0 Å². The monoisotopic (exact) mass is 238 g/mol. The number of hydrogen-bond donors (Lipinski definition) is 1. The first-order valence-electron chi connectivity index (χ1n) is 7.63. The minimum absolute atomic E-state index is 0.573. The summed E-state index contributed by atoms with van der Waals surface area (Å²) in [6.07, 6.45) is 10.1. The summed E-state index contributed by atoms with van der Waals surface area (Å²) in [5, 5.41) is 3.55. The van der Waals surface area contributed by atoms with Crippen LogP contribution in [0, 0.1) is 11.3 Å². The average molecular weight is 238 g/mol. The van der Waals surface area contributed by atoms with Crippen LogP contribution in [0.3, 0.4) is 0 Å². The predicted molar refractivity (Wildman–Crippen MR) is 74.3 cm³/mol. The topological polar surface area (TPSA) is 15.3 Å². The van der Waals surface area contributed by atoms with Crippen molar-refractivity contribution in [1.82, 2.24) is 10.2 Å². The molecule has 0 spiro atoms. The van der Waals surface area contributed by atoms with Gasteiger partial charge in [-0.15, -0.1) is 0 Å². The molecule has 2 heteroatoms. The van der Waals surface area contributed by atoms with E-state index >= 15 is 0 Å². The summed E-state index contributed by atoms with van der Waals surface area (Å²) in [5.74, 6) is 0.983. The Hall–Kier alpha value is -0.0800. The van der Waals surface area contributed by atoms with Gasteiger partial charge in [-0.05, 0) is 50.6 Å². The molecule has 0 amide bonds. The highest BCUT2D eigenvalue weighted by Crippen LogP contribution is 2.31. The van der Waals surface area contributed by atoms with Crippen LogP contribution in [-0.4, -0.2) is 38.1 Å². The summed E-state index contributed by atoms with van der Waals surface area (Å²) in [4.78, 5) is 2.62. The predicted octanol–water partition coefficient (Wildman–Crippen LogP) is 2.89. The quantitative estimate of drug-likeness (QED) is 0.792. The van der Waals surface area contributed by atoms with Crippen LogP contribution in [0.2, 0.25) is 0 Å². The highest BCUT2D eigenvalue weighted by atomic mass is 15.1. The van der Waals surface area contributed by atoms with Crippen molar-refractivity contribution >= 4 is 0 Å². The molecule has 1 heterocycles. The normalized spacial score (nSPS) is 31.2. The van der Waals surface area contributed by atoms with Crippen molar-refractivity contribution in [2.24, 2.45) is 11.3 Å².